The van der Waals surface area contributed by atoms with Crippen LogP contribution in [0.4, 0.5) is 0 Å². The monoisotopic (exact) mass is 334 g/mol. The molecular weight excluding hydrogens is 312 g/mol. The second kappa shape index (κ2) is 6.16. The second-order valence-electron chi connectivity index (χ2n) is 7.10. The number of carbonyl (C=O) groups is 2. The van der Waals surface area contributed by atoms with Crippen LogP contribution in [0.1, 0.15) is 42.6 Å². The van der Waals surface area contributed by atoms with Gasteiger partial charge >= 0.3 is 5.97 Å². The summed E-state index contributed by atoms with van der Waals surface area (Å²) >= 11 is 0. The molecule has 1 aromatic heterocycles. The van der Waals surface area contributed by atoms with E-state index in [1.54, 1.807) is 4.90 Å². The van der Waals surface area contributed by atoms with Gasteiger partial charge in [-0.05, 0) is 43.9 Å². The summed E-state index contributed by atoms with van der Waals surface area (Å²) in [7, 11) is 0. The van der Waals surface area contributed by atoms with Gasteiger partial charge in [0.05, 0.1) is 5.41 Å². The zero-order valence-corrected chi connectivity index (χ0v) is 13.6. The maximum absolute atomic E-state index is 12.5. The van der Waals surface area contributed by atoms with Crippen molar-refractivity contribution in [1.82, 2.24) is 20.1 Å². The van der Waals surface area contributed by atoms with E-state index >= 15 is 0 Å². The Labute approximate surface area is 140 Å². The van der Waals surface area contributed by atoms with Gasteiger partial charge in [-0.25, -0.2) is 4.63 Å². The third kappa shape index (κ3) is 2.79. The normalized spacial score (nSPS) is 26.9. The highest BCUT2D eigenvalue weighted by molar-refractivity contribution is 5.92. The number of hydrogen-bond acceptors (Lipinski definition) is 7. The van der Waals surface area contributed by atoms with Crippen molar-refractivity contribution >= 4 is 11.9 Å². The Balaban J connectivity index is 1.35. The van der Waals surface area contributed by atoms with Crippen LogP contribution in [0.15, 0.2) is 10.8 Å². The maximum Gasteiger partial charge on any atom is 0.312 e. The first kappa shape index (κ1) is 15.6. The van der Waals surface area contributed by atoms with Crippen LogP contribution in [-0.4, -0.2) is 70.8 Å². The van der Waals surface area contributed by atoms with Crippen LogP contribution in [0, 0.1) is 5.41 Å². The lowest BCUT2D eigenvalue weighted by Gasteiger charge is -2.36. The summed E-state index contributed by atoms with van der Waals surface area (Å²) in [6.07, 6.45) is 5.87. The van der Waals surface area contributed by atoms with Crippen molar-refractivity contribution in [2.24, 2.45) is 5.41 Å². The minimum absolute atomic E-state index is 0.00223. The Morgan fingerprint density at radius 3 is 2.67 bits per heavy atom. The zero-order chi connectivity index (χ0) is 16.6. The molecule has 130 valence electrons. The summed E-state index contributed by atoms with van der Waals surface area (Å²) in [6, 6.07) is 0. The standard InChI is InChI=1S/C16H22N4O4/c21-14(13-10-17-24-18-13)20-7-3-16(4-8-20)9-12(23-15(16)22)11-19-5-1-2-6-19/h10,12H,1-9,11H2. The first-order valence-electron chi connectivity index (χ1n) is 8.67. The van der Waals surface area contributed by atoms with Crippen molar-refractivity contribution in [3.63, 3.8) is 0 Å². The molecule has 1 amide bonds. The predicted octanol–water partition coefficient (Wildman–Crippen LogP) is 0.703. The Morgan fingerprint density at radius 2 is 2.00 bits per heavy atom. The number of nitrogens with zero attached hydrogens (tertiary/aromatic N) is 4. The van der Waals surface area contributed by atoms with Gasteiger partial charge in [0.25, 0.3) is 5.91 Å². The van der Waals surface area contributed by atoms with Crippen LogP contribution in [0.3, 0.4) is 0 Å². The molecular formula is C16H22N4O4. The molecule has 0 aromatic carbocycles. The van der Waals surface area contributed by atoms with Gasteiger partial charge in [-0.1, -0.05) is 5.16 Å². The van der Waals surface area contributed by atoms with Gasteiger partial charge in [-0.2, -0.15) is 0 Å². The third-order valence-corrected chi connectivity index (χ3v) is 5.57. The molecule has 1 spiro atoms. The molecule has 24 heavy (non-hydrogen) atoms. The highest BCUT2D eigenvalue weighted by Gasteiger charge is 2.51. The molecule has 3 aliphatic rings. The fraction of sp³-hybridized carbons (Fsp3) is 0.750. The van der Waals surface area contributed by atoms with Gasteiger partial charge in [-0.15, -0.1) is 0 Å². The van der Waals surface area contributed by atoms with E-state index in [0.29, 0.717) is 25.9 Å². The van der Waals surface area contributed by atoms with Crippen molar-refractivity contribution in [3.05, 3.63) is 11.9 Å². The number of hydrogen-bond donors (Lipinski definition) is 0. The highest BCUT2D eigenvalue weighted by Crippen LogP contribution is 2.43. The quantitative estimate of drug-likeness (QED) is 0.752. The fourth-order valence-corrected chi connectivity index (χ4v) is 4.16. The molecule has 0 N–H and O–H groups in total. The third-order valence-electron chi connectivity index (χ3n) is 5.57. The Morgan fingerprint density at radius 1 is 1.25 bits per heavy atom. The number of aromatic nitrogens is 2. The number of esters is 1. The van der Waals surface area contributed by atoms with Crippen LogP contribution < -0.4 is 0 Å². The lowest BCUT2D eigenvalue weighted by molar-refractivity contribution is -0.150. The average Bonchev–Trinajstić information content (AvgIpc) is 3.32. The van der Waals surface area contributed by atoms with Crippen LogP contribution in [0.5, 0.6) is 0 Å². The van der Waals surface area contributed by atoms with Crippen LogP contribution in [0.2, 0.25) is 0 Å². The minimum Gasteiger partial charge on any atom is -0.461 e. The maximum atomic E-state index is 12.5. The number of likely N-dealkylation sites (tertiary alicyclic amines) is 2. The lowest BCUT2D eigenvalue weighted by atomic mass is 9.76. The Kier molecular flexibility index (Phi) is 3.99. The number of cyclic esters (lactones) is 1. The van der Waals surface area contributed by atoms with Crippen LogP contribution >= 0.6 is 0 Å². The topological polar surface area (TPSA) is 88.8 Å². The molecule has 8 heteroatoms. The molecule has 3 fully saturated rings. The SMILES string of the molecule is O=C(c1cnon1)N1CCC2(CC1)CC(CN1CCCC1)OC2=O. The summed E-state index contributed by atoms with van der Waals surface area (Å²) in [5, 5.41) is 7.06. The largest absolute Gasteiger partial charge is 0.461 e. The van der Waals surface area contributed by atoms with E-state index in [9.17, 15) is 9.59 Å². The Bertz CT molecular complexity index is 604. The molecule has 1 atom stereocenters. The van der Waals surface area contributed by atoms with Gasteiger partial charge in [0.2, 0.25) is 0 Å². The molecule has 0 aliphatic carbocycles. The van der Waals surface area contributed by atoms with Crippen molar-refractivity contribution in [1.29, 1.82) is 0 Å². The summed E-state index contributed by atoms with van der Waals surface area (Å²) in [4.78, 5) is 28.8. The Hall–Kier alpha value is -1.96. The first-order chi connectivity index (χ1) is 11.7. The molecule has 3 saturated heterocycles. The minimum atomic E-state index is -0.413. The summed E-state index contributed by atoms with van der Waals surface area (Å²) in [5.74, 6) is -0.270. The number of rotatable bonds is 3. The molecule has 3 aliphatic heterocycles. The molecule has 8 nitrogen and oxygen atoms in total. The van der Waals surface area contributed by atoms with E-state index in [1.807, 2.05) is 0 Å². The molecule has 4 rings (SSSR count). The molecule has 0 bridgehead atoms. The van der Waals surface area contributed by atoms with E-state index in [2.05, 4.69) is 19.8 Å². The van der Waals surface area contributed by atoms with Gasteiger partial charge in [0.15, 0.2) is 5.69 Å². The van der Waals surface area contributed by atoms with E-state index in [4.69, 9.17) is 4.74 Å². The molecule has 1 unspecified atom stereocenters. The summed E-state index contributed by atoms with van der Waals surface area (Å²) < 4.78 is 10.2. The smallest absolute Gasteiger partial charge is 0.312 e. The highest BCUT2D eigenvalue weighted by atomic mass is 16.6. The predicted molar refractivity (Wildman–Crippen MR) is 82.0 cm³/mol. The lowest BCUT2D eigenvalue weighted by Crippen LogP contribution is -2.45. The summed E-state index contributed by atoms with van der Waals surface area (Å²) in [6.45, 7) is 4.14. The second-order valence-corrected chi connectivity index (χ2v) is 7.10. The van der Waals surface area contributed by atoms with Crippen LogP contribution in [0.25, 0.3) is 0 Å². The molecule has 1 aromatic rings. The average molecular weight is 334 g/mol. The van der Waals surface area contributed by atoms with Crippen molar-refractivity contribution in [2.45, 2.75) is 38.2 Å². The van der Waals surface area contributed by atoms with Gasteiger partial charge in [0, 0.05) is 26.1 Å². The number of piperidine rings is 1. The number of amides is 1. The van der Waals surface area contributed by atoms with Gasteiger partial charge < -0.3 is 9.64 Å². The van der Waals surface area contributed by atoms with E-state index < -0.39 is 5.41 Å². The van der Waals surface area contributed by atoms with Gasteiger partial charge in [-0.3, -0.25) is 14.5 Å². The van der Waals surface area contributed by atoms with Crippen molar-refractivity contribution in [3.8, 4) is 0 Å². The molecule has 4 heterocycles. The van der Waals surface area contributed by atoms with Gasteiger partial charge in [0.1, 0.15) is 12.3 Å². The van der Waals surface area contributed by atoms with E-state index in [1.165, 1.54) is 19.0 Å². The van der Waals surface area contributed by atoms with Crippen LogP contribution in [-0.2, 0) is 9.53 Å². The van der Waals surface area contributed by atoms with E-state index in [0.717, 1.165) is 26.1 Å². The van der Waals surface area contributed by atoms with Crippen molar-refractivity contribution < 1.29 is 19.0 Å². The fourth-order valence-electron chi connectivity index (χ4n) is 4.16. The molecule has 0 radical (unpaired) electrons. The number of carbonyl (C=O) groups excluding carboxylic acids is 2. The summed E-state index contributed by atoms with van der Waals surface area (Å²) in [5.41, 5.74) is -0.199. The van der Waals surface area contributed by atoms with Crippen molar-refractivity contribution in [2.75, 3.05) is 32.7 Å². The molecule has 0 saturated carbocycles. The van der Waals surface area contributed by atoms with E-state index in [-0.39, 0.29) is 23.7 Å². The number of ether oxygens (including phenoxy) is 1. The first-order valence-corrected chi connectivity index (χ1v) is 8.67. The zero-order valence-electron chi connectivity index (χ0n) is 13.6.